The van der Waals surface area contributed by atoms with Gasteiger partial charge in [-0.15, -0.1) is 0 Å². The zero-order chi connectivity index (χ0) is 14.7. The summed E-state index contributed by atoms with van der Waals surface area (Å²) in [5.41, 5.74) is 0.0987. The Balaban J connectivity index is 1.91. The van der Waals surface area contributed by atoms with Crippen LogP contribution in [0.1, 0.15) is 29.8 Å². The molecule has 108 valence electrons. The second kappa shape index (κ2) is 5.72. The first kappa shape index (κ1) is 14.0. The van der Waals surface area contributed by atoms with E-state index in [1.54, 1.807) is 0 Å². The number of carbonyl (C=O) groups is 2. The summed E-state index contributed by atoms with van der Waals surface area (Å²) in [7, 11) is 0. The zero-order valence-corrected chi connectivity index (χ0v) is 10.7. The number of carboxylic acids is 1. The van der Waals surface area contributed by atoms with E-state index in [-0.39, 0.29) is 24.0 Å². The van der Waals surface area contributed by atoms with Crippen molar-refractivity contribution in [1.82, 2.24) is 10.3 Å². The van der Waals surface area contributed by atoms with Gasteiger partial charge in [-0.05, 0) is 29.7 Å². The van der Waals surface area contributed by atoms with Gasteiger partial charge in [0.25, 0.3) is 5.91 Å². The largest absolute Gasteiger partial charge is 0.481 e. The highest BCUT2D eigenvalue weighted by molar-refractivity contribution is 5.92. The Morgan fingerprint density at radius 3 is 2.80 bits per heavy atom. The highest BCUT2D eigenvalue weighted by atomic mass is 16.6. The quantitative estimate of drug-likeness (QED) is 0.551. The van der Waals surface area contributed by atoms with Gasteiger partial charge in [0.15, 0.2) is 5.69 Å². The van der Waals surface area contributed by atoms with Crippen LogP contribution in [0, 0.1) is 22.0 Å². The summed E-state index contributed by atoms with van der Waals surface area (Å²) in [6, 6.07) is 2.54. The number of hydrogen-bond donors (Lipinski definition) is 3. The lowest BCUT2D eigenvalue weighted by atomic mass is 9.96. The van der Waals surface area contributed by atoms with Crippen molar-refractivity contribution in [2.45, 2.75) is 19.3 Å². The first-order valence-corrected chi connectivity index (χ1v) is 6.33. The van der Waals surface area contributed by atoms with Gasteiger partial charge in [-0.25, -0.2) is 4.98 Å². The number of nitrogens with one attached hydrogen (secondary N) is 2. The number of aliphatic carboxylic acids is 1. The number of rotatable bonds is 5. The molecule has 1 heterocycles. The first-order valence-electron chi connectivity index (χ1n) is 6.33. The Morgan fingerprint density at radius 1 is 1.45 bits per heavy atom. The smallest absolute Gasteiger partial charge is 0.321 e. The second-order valence-corrected chi connectivity index (χ2v) is 4.86. The maximum atomic E-state index is 11.8. The average Bonchev–Trinajstić information content (AvgIpc) is 3.04. The van der Waals surface area contributed by atoms with Crippen molar-refractivity contribution in [1.29, 1.82) is 0 Å². The van der Waals surface area contributed by atoms with Crippen LogP contribution in [0.25, 0.3) is 0 Å². The van der Waals surface area contributed by atoms with Crippen molar-refractivity contribution in [3.63, 3.8) is 0 Å². The van der Waals surface area contributed by atoms with Crippen LogP contribution in [-0.4, -0.2) is 33.4 Å². The predicted molar refractivity (Wildman–Crippen MR) is 68.2 cm³/mol. The van der Waals surface area contributed by atoms with E-state index in [1.165, 1.54) is 12.1 Å². The molecule has 1 aromatic heterocycles. The van der Waals surface area contributed by atoms with Crippen molar-refractivity contribution in [3.8, 4) is 0 Å². The van der Waals surface area contributed by atoms with Gasteiger partial charge in [0.2, 0.25) is 0 Å². The molecule has 0 bridgehead atoms. The molecule has 1 aliphatic rings. The molecule has 0 spiro atoms. The molecule has 20 heavy (non-hydrogen) atoms. The Morgan fingerprint density at radius 2 is 2.20 bits per heavy atom. The molecule has 1 aromatic rings. The molecule has 3 N–H and O–H groups in total. The van der Waals surface area contributed by atoms with Crippen LogP contribution < -0.4 is 5.32 Å². The lowest BCUT2D eigenvalue weighted by molar-refractivity contribution is -0.389. The Kier molecular flexibility index (Phi) is 4.02. The number of H-pyrrole nitrogens is 1. The fourth-order valence-electron chi connectivity index (χ4n) is 2.55. The van der Waals surface area contributed by atoms with E-state index in [0.717, 1.165) is 12.8 Å². The summed E-state index contributed by atoms with van der Waals surface area (Å²) >= 11 is 0. The molecule has 2 unspecified atom stereocenters. The van der Waals surface area contributed by atoms with Crippen LogP contribution in [-0.2, 0) is 4.79 Å². The molecule has 1 fully saturated rings. The molecule has 0 aliphatic heterocycles. The third kappa shape index (κ3) is 2.95. The van der Waals surface area contributed by atoms with Gasteiger partial charge in [-0.2, -0.15) is 0 Å². The summed E-state index contributed by atoms with van der Waals surface area (Å²) in [5.74, 6) is -2.06. The van der Waals surface area contributed by atoms with E-state index < -0.39 is 22.7 Å². The van der Waals surface area contributed by atoms with E-state index in [2.05, 4.69) is 10.3 Å². The lowest BCUT2D eigenvalue weighted by Crippen LogP contribution is -2.33. The predicted octanol–water partition coefficient (Wildman–Crippen LogP) is 1.15. The molecular formula is C12H15N3O5. The fourth-order valence-corrected chi connectivity index (χ4v) is 2.55. The molecule has 1 aliphatic carbocycles. The van der Waals surface area contributed by atoms with Gasteiger partial charge in [0.05, 0.1) is 5.92 Å². The number of aromatic nitrogens is 1. The summed E-state index contributed by atoms with van der Waals surface area (Å²) in [4.78, 5) is 35.1. The number of nitrogens with zero attached hydrogens (tertiary/aromatic N) is 1. The molecular weight excluding hydrogens is 266 g/mol. The van der Waals surface area contributed by atoms with E-state index in [4.69, 9.17) is 5.11 Å². The van der Waals surface area contributed by atoms with Crippen LogP contribution in [0.15, 0.2) is 12.1 Å². The summed E-state index contributed by atoms with van der Waals surface area (Å²) in [5, 5.41) is 22.2. The molecule has 8 nitrogen and oxygen atoms in total. The monoisotopic (exact) mass is 281 g/mol. The second-order valence-electron chi connectivity index (χ2n) is 4.86. The van der Waals surface area contributed by atoms with Crippen LogP contribution >= 0.6 is 0 Å². The van der Waals surface area contributed by atoms with Crippen LogP contribution in [0.2, 0.25) is 0 Å². The summed E-state index contributed by atoms with van der Waals surface area (Å²) in [6.45, 7) is 0.266. The Hall–Kier alpha value is -2.38. The number of nitro groups is 1. The highest BCUT2D eigenvalue weighted by Crippen LogP contribution is 2.31. The van der Waals surface area contributed by atoms with E-state index >= 15 is 0 Å². The molecule has 1 amide bonds. The minimum absolute atomic E-state index is 0.0820. The van der Waals surface area contributed by atoms with Crippen molar-refractivity contribution in [3.05, 3.63) is 27.9 Å². The van der Waals surface area contributed by atoms with Crippen molar-refractivity contribution in [2.75, 3.05) is 6.54 Å². The SMILES string of the molecule is O=C(NCC1CCCC1C(=O)O)c1ccc([N+](=O)[O-])[nH]1. The Labute approximate surface area is 114 Å². The molecule has 2 atom stereocenters. The van der Waals surface area contributed by atoms with Crippen molar-refractivity contribution >= 4 is 17.7 Å². The van der Waals surface area contributed by atoms with Gasteiger partial charge >= 0.3 is 11.8 Å². The molecule has 0 radical (unpaired) electrons. The standard InChI is InChI=1S/C12H15N3O5/c16-11(9-4-5-10(14-9)15(19)20)13-6-7-2-1-3-8(7)12(17)18/h4-5,7-8,14H,1-3,6H2,(H,13,16)(H,17,18). The summed E-state index contributed by atoms with van der Waals surface area (Å²) in [6.07, 6.45) is 2.23. The molecule has 1 saturated carbocycles. The van der Waals surface area contributed by atoms with Crippen molar-refractivity contribution < 1.29 is 19.6 Å². The third-order valence-corrected chi connectivity index (χ3v) is 3.61. The third-order valence-electron chi connectivity index (χ3n) is 3.61. The van der Waals surface area contributed by atoms with Crippen molar-refractivity contribution in [2.24, 2.45) is 11.8 Å². The fraction of sp³-hybridized carbons (Fsp3) is 0.500. The summed E-state index contributed by atoms with van der Waals surface area (Å²) < 4.78 is 0. The van der Waals surface area contributed by atoms with E-state index in [9.17, 15) is 19.7 Å². The molecule has 0 aromatic carbocycles. The minimum Gasteiger partial charge on any atom is -0.481 e. The molecule has 0 saturated heterocycles. The number of carbonyl (C=O) groups excluding carboxylic acids is 1. The van der Waals surface area contributed by atoms with Gasteiger partial charge in [0, 0.05) is 12.6 Å². The van der Waals surface area contributed by atoms with Crippen LogP contribution in [0.3, 0.4) is 0 Å². The first-order chi connectivity index (χ1) is 9.49. The van der Waals surface area contributed by atoms with Crippen LogP contribution in [0.5, 0.6) is 0 Å². The Bertz CT molecular complexity index is 539. The topological polar surface area (TPSA) is 125 Å². The average molecular weight is 281 g/mol. The van der Waals surface area contributed by atoms with Gasteiger partial charge in [-0.3, -0.25) is 9.59 Å². The van der Waals surface area contributed by atoms with Crippen LogP contribution in [0.4, 0.5) is 5.82 Å². The van der Waals surface area contributed by atoms with E-state index in [1.807, 2.05) is 0 Å². The number of aromatic amines is 1. The molecule has 8 heteroatoms. The normalized spacial score (nSPS) is 21.6. The lowest BCUT2D eigenvalue weighted by Gasteiger charge is -2.15. The molecule has 2 rings (SSSR count). The zero-order valence-electron chi connectivity index (χ0n) is 10.7. The number of carboxylic acid groups (broad SMARTS) is 1. The van der Waals surface area contributed by atoms with Gasteiger partial charge < -0.3 is 20.5 Å². The minimum atomic E-state index is -0.836. The van der Waals surface area contributed by atoms with Gasteiger partial charge in [0.1, 0.15) is 0 Å². The van der Waals surface area contributed by atoms with E-state index in [0.29, 0.717) is 6.42 Å². The maximum absolute atomic E-state index is 11.8. The number of hydrogen-bond acceptors (Lipinski definition) is 4. The maximum Gasteiger partial charge on any atom is 0.321 e. The highest BCUT2D eigenvalue weighted by Gasteiger charge is 2.33. The van der Waals surface area contributed by atoms with Gasteiger partial charge in [-0.1, -0.05) is 6.42 Å². The number of amides is 1.